The molecule has 2 N–H and O–H groups in total. The number of carbonyl (C=O) groups is 2. The van der Waals surface area contributed by atoms with Crippen molar-refractivity contribution in [2.45, 2.75) is 39.5 Å². The average molecular weight is 347 g/mol. The second kappa shape index (κ2) is 7.55. The SMILES string of the molecule is CC(Oc1ccccc1C(F)(F)F)C(=O)NCCC(C)(C)C(=O)O. The Hall–Kier alpha value is -2.25. The maximum Gasteiger partial charge on any atom is 0.419 e. The molecule has 0 spiro atoms. The van der Waals surface area contributed by atoms with Crippen molar-refractivity contribution >= 4 is 11.9 Å². The molecule has 0 saturated carbocycles. The summed E-state index contributed by atoms with van der Waals surface area (Å²) < 4.78 is 43.7. The quantitative estimate of drug-likeness (QED) is 0.795. The van der Waals surface area contributed by atoms with Gasteiger partial charge in [0.05, 0.1) is 11.0 Å². The van der Waals surface area contributed by atoms with Gasteiger partial charge in [0.25, 0.3) is 5.91 Å². The van der Waals surface area contributed by atoms with Gasteiger partial charge >= 0.3 is 12.1 Å². The molecule has 1 amide bonds. The van der Waals surface area contributed by atoms with Gasteiger partial charge in [-0.1, -0.05) is 12.1 Å². The third-order valence-electron chi connectivity index (χ3n) is 3.49. The normalized spacial score (nSPS) is 13.2. The van der Waals surface area contributed by atoms with Crippen LogP contribution < -0.4 is 10.1 Å². The van der Waals surface area contributed by atoms with E-state index in [2.05, 4.69) is 5.32 Å². The number of amides is 1. The van der Waals surface area contributed by atoms with Crippen LogP contribution in [-0.4, -0.2) is 29.6 Å². The smallest absolute Gasteiger partial charge is 0.419 e. The summed E-state index contributed by atoms with van der Waals surface area (Å²) in [4.78, 5) is 22.9. The number of ether oxygens (including phenoxy) is 1. The highest BCUT2D eigenvalue weighted by atomic mass is 19.4. The van der Waals surface area contributed by atoms with Gasteiger partial charge in [0.15, 0.2) is 6.10 Å². The van der Waals surface area contributed by atoms with Crippen LogP contribution in [-0.2, 0) is 15.8 Å². The lowest BCUT2D eigenvalue weighted by Gasteiger charge is -2.21. The van der Waals surface area contributed by atoms with E-state index in [1.807, 2.05) is 0 Å². The van der Waals surface area contributed by atoms with Crippen molar-refractivity contribution in [2.24, 2.45) is 5.41 Å². The number of halogens is 3. The predicted molar refractivity (Wildman–Crippen MR) is 80.6 cm³/mol. The van der Waals surface area contributed by atoms with Gasteiger partial charge < -0.3 is 15.2 Å². The van der Waals surface area contributed by atoms with Gasteiger partial charge in [0.1, 0.15) is 5.75 Å². The molecule has 1 aromatic carbocycles. The van der Waals surface area contributed by atoms with Gasteiger partial charge in [-0.2, -0.15) is 13.2 Å². The first-order valence-electron chi connectivity index (χ1n) is 7.29. The number of rotatable bonds is 7. The first-order valence-corrected chi connectivity index (χ1v) is 7.29. The zero-order valence-electron chi connectivity index (χ0n) is 13.6. The topological polar surface area (TPSA) is 75.6 Å². The summed E-state index contributed by atoms with van der Waals surface area (Å²) in [5.41, 5.74) is -1.98. The lowest BCUT2D eigenvalue weighted by Crippen LogP contribution is -2.39. The second-order valence-corrected chi connectivity index (χ2v) is 5.98. The highest BCUT2D eigenvalue weighted by Gasteiger charge is 2.35. The van der Waals surface area contributed by atoms with E-state index in [-0.39, 0.29) is 13.0 Å². The molecule has 1 unspecified atom stereocenters. The number of carboxylic acids is 1. The van der Waals surface area contributed by atoms with Crippen molar-refractivity contribution in [3.63, 3.8) is 0 Å². The molecule has 0 aromatic heterocycles. The van der Waals surface area contributed by atoms with Crippen LogP contribution in [0.15, 0.2) is 24.3 Å². The zero-order valence-corrected chi connectivity index (χ0v) is 13.6. The zero-order chi connectivity index (χ0) is 18.5. The summed E-state index contributed by atoms with van der Waals surface area (Å²) in [6.45, 7) is 4.43. The summed E-state index contributed by atoms with van der Waals surface area (Å²) in [5, 5.41) is 11.4. The lowest BCUT2D eigenvalue weighted by atomic mass is 9.90. The van der Waals surface area contributed by atoms with E-state index in [1.165, 1.54) is 32.9 Å². The van der Waals surface area contributed by atoms with Crippen molar-refractivity contribution < 1.29 is 32.6 Å². The van der Waals surface area contributed by atoms with Crippen molar-refractivity contribution in [1.29, 1.82) is 0 Å². The van der Waals surface area contributed by atoms with Crippen LogP contribution in [0.1, 0.15) is 32.8 Å². The van der Waals surface area contributed by atoms with Crippen LogP contribution in [0, 0.1) is 5.41 Å². The fourth-order valence-electron chi connectivity index (χ4n) is 1.80. The molecule has 0 aliphatic rings. The molecule has 0 aliphatic carbocycles. The monoisotopic (exact) mass is 347 g/mol. The van der Waals surface area contributed by atoms with Gasteiger partial charge in [-0.15, -0.1) is 0 Å². The van der Waals surface area contributed by atoms with Crippen molar-refractivity contribution in [1.82, 2.24) is 5.32 Å². The molecular weight excluding hydrogens is 327 g/mol. The highest BCUT2D eigenvalue weighted by Crippen LogP contribution is 2.36. The fraction of sp³-hybridized carbons (Fsp3) is 0.500. The molecule has 1 atom stereocenters. The Kier molecular flexibility index (Phi) is 6.22. The Balaban J connectivity index is 2.64. The largest absolute Gasteiger partial charge is 0.481 e. The first kappa shape index (κ1) is 19.8. The first-order chi connectivity index (χ1) is 10.9. The summed E-state index contributed by atoms with van der Waals surface area (Å²) in [6, 6.07) is 4.62. The number of carbonyl (C=O) groups excluding carboxylic acids is 1. The predicted octanol–water partition coefficient (Wildman–Crippen LogP) is 3.09. The molecular formula is C16H20F3NO4. The summed E-state index contributed by atoms with van der Waals surface area (Å²) in [6.07, 6.45) is -5.56. The van der Waals surface area contributed by atoms with Crippen molar-refractivity contribution in [3.05, 3.63) is 29.8 Å². The van der Waals surface area contributed by atoms with Crippen LogP contribution in [0.5, 0.6) is 5.75 Å². The molecule has 0 bridgehead atoms. The molecule has 0 radical (unpaired) electrons. The van der Waals surface area contributed by atoms with E-state index in [4.69, 9.17) is 9.84 Å². The van der Waals surface area contributed by atoms with E-state index in [1.54, 1.807) is 0 Å². The molecule has 0 saturated heterocycles. The summed E-state index contributed by atoms with van der Waals surface area (Å²) >= 11 is 0. The van der Waals surface area contributed by atoms with Gasteiger partial charge in [-0.05, 0) is 39.3 Å². The van der Waals surface area contributed by atoms with Crippen LogP contribution in [0.2, 0.25) is 0 Å². The minimum Gasteiger partial charge on any atom is -0.481 e. The Morgan fingerprint density at radius 2 is 1.83 bits per heavy atom. The number of aliphatic carboxylic acids is 1. The molecule has 5 nitrogen and oxygen atoms in total. The molecule has 134 valence electrons. The molecule has 8 heteroatoms. The summed E-state index contributed by atoms with van der Waals surface area (Å²) in [5.74, 6) is -2.05. The Morgan fingerprint density at radius 1 is 1.25 bits per heavy atom. The number of carboxylic acid groups (broad SMARTS) is 1. The van der Waals surface area contributed by atoms with Crippen LogP contribution in [0.4, 0.5) is 13.2 Å². The molecule has 0 aliphatic heterocycles. The number of alkyl halides is 3. The maximum absolute atomic E-state index is 12.9. The number of benzene rings is 1. The number of nitrogens with one attached hydrogen (secondary N) is 1. The Morgan fingerprint density at radius 3 is 2.38 bits per heavy atom. The van der Waals surface area contributed by atoms with Gasteiger partial charge in [-0.3, -0.25) is 9.59 Å². The van der Waals surface area contributed by atoms with Crippen molar-refractivity contribution in [2.75, 3.05) is 6.54 Å². The van der Waals surface area contributed by atoms with Crippen LogP contribution >= 0.6 is 0 Å². The third-order valence-corrected chi connectivity index (χ3v) is 3.49. The van der Waals surface area contributed by atoms with E-state index < -0.39 is 40.9 Å². The van der Waals surface area contributed by atoms with Gasteiger partial charge in [0, 0.05) is 6.54 Å². The average Bonchev–Trinajstić information content (AvgIpc) is 2.46. The maximum atomic E-state index is 12.9. The van der Waals surface area contributed by atoms with E-state index >= 15 is 0 Å². The molecule has 1 rings (SSSR count). The highest BCUT2D eigenvalue weighted by molar-refractivity contribution is 5.81. The number of hydrogen-bond donors (Lipinski definition) is 2. The van der Waals surface area contributed by atoms with Crippen molar-refractivity contribution in [3.8, 4) is 5.75 Å². The van der Waals surface area contributed by atoms with E-state index in [9.17, 15) is 22.8 Å². The molecule has 24 heavy (non-hydrogen) atoms. The fourth-order valence-corrected chi connectivity index (χ4v) is 1.80. The molecule has 1 aromatic rings. The second-order valence-electron chi connectivity index (χ2n) is 5.98. The van der Waals surface area contributed by atoms with Crippen LogP contribution in [0.25, 0.3) is 0 Å². The summed E-state index contributed by atoms with van der Waals surface area (Å²) in [7, 11) is 0. The minimum atomic E-state index is -4.59. The molecule has 0 heterocycles. The van der Waals surface area contributed by atoms with Gasteiger partial charge in [-0.25, -0.2) is 0 Å². The molecule has 0 fully saturated rings. The number of hydrogen-bond acceptors (Lipinski definition) is 3. The van der Waals surface area contributed by atoms with E-state index in [0.29, 0.717) is 0 Å². The number of para-hydroxylation sites is 1. The Bertz CT molecular complexity index is 599. The van der Waals surface area contributed by atoms with E-state index in [0.717, 1.165) is 12.1 Å². The Labute approximate surface area is 137 Å². The van der Waals surface area contributed by atoms with Crippen LogP contribution in [0.3, 0.4) is 0 Å². The van der Waals surface area contributed by atoms with Gasteiger partial charge in [0.2, 0.25) is 0 Å². The standard InChI is InChI=1S/C16H20F3NO4/c1-10(13(21)20-9-8-15(2,3)14(22)23)24-12-7-5-4-6-11(12)16(17,18)19/h4-7,10H,8-9H2,1-3H3,(H,20,21)(H,22,23). The minimum absolute atomic E-state index is 0.0761. The lowest BCUT2D eigenvalue weighted by molar-refractivity contribution is -0.147. The third kappa shape index (κ3) is 5.43.